The average Bonchev–Trinajstić information content (AvgIpc) is 3.27. The van der Waals surface area contributed by atoms with Gasteiger partial charge in [-0.15, -0.1) is 0 Å². The number of aryl methyl sites for hydroxylation is 3. The maximum Gasteiger partial charge on any atom is 0.257 e. The molecule has 0 aliphatic rings. The number of imidazole rings is 1. The van der Waals surface area contributed by atoms with E-state index in [4.69, 9.17) is 26.1 Å². The zero-order valence-corrected chi connectivity index (χ0v) is 22.0. The minimum atomic E-state index is -0.0957. The standard InChI is InChI=1S/C30H34ClN3O3/c1-23-21-25(16-17-26(23)31)36-20-10-19-34-28-14-8-7-13-27(28)33-29(34)15-6-3-9-18-32-30(35)22-37-24-11-4-2-5-12-24/h2,4-5,7-8,11-14,16-17,21H,3,6,9-10,15,18-20,22H2,1H3,(H,32,35). The number of nitrogens with zero attached hydrogens (tertiary/aromatic N) is 2. The van der Waals surface area contributed by atoms with Crippen molar-refractivity contribution in [1.29, 1.82) is 0 Å². The predicted molar refractivity (Wildman–Crippen MR) is 149 cm³/mol. The number of nitrogens with one attached hydrogen (secondary N) is 1. The summed E-state index contributed by atoms with van der Waals surface area (Å²) in [5.41, 5.74) is 3.20. The van der Waals surface area contributed by atoms with Gasteiger partial charge in [0.1, 0.15) is 17.3 Å². The number of aromatic nitrogens is 2. The molecule has 37 heavy (non-hydrogen) atoms. The quantitative estimate of drug-likeness (QED) is 0.196. The Hall–Kier alpha value is -3.51. The van der Waals surface area contributed by atoms with E-state index in [1.165, 1.54) is 0 Å². The molecule has 3 aromatic carbocycles. The van der Waals surface area contributed by atoms with Gasteiger partial charge in [-0.2, -0.15) is 0 Å². The van der Waals surface area contributed by atoms with Gasteiger partial charge < -0.3 is 19.4 Å². The van der Waals surface area contributed by atoms with Crippen LogP contribution in [0.5, 0.6) is 11.5 Å². The molecular weight excluding hydrogens is 486 g/mol. The molecule has 1 N–H and O–H groups in total. The van der Waals surface area contributed by atoms with Crippen LogP contribution in [-0.4, -0.2) is 35.2 Å². The minimum absolute atomic E-state index is 0.0371. The van der Waals surface area contributed by atoms with Crippen LogP contribution in [-0.2, 0) is 17.8 Å². The first kappa shape index (κ1) is 26.6. The van der Waals surface area contributed by atoms with Gasteiger partial charge in [-0.25, -0.2) is 4.98 Å². The molecule has 7 heteroatoms. The van der Waals surface area contributed by atoms with Crippen LogP contribution in [0.25, 0.3) is 11.0 Å². The first-order chi connectivity index (χ1) is 18.1. The molecule has 0 aliphatic heterocycles. The summed E-state index contributed by atoms with van der Waals surface area (Å²) in [6.45, 7) is 4.14. The van der Waals surface area contributed by atoms with Crippen LogP contribution < -0.4 is 14.8 Å². The SMILES string of the molecule is Cc1cc(OCCCn2c(CCCCCNC(=O)COc3ccccc3)nc3ccccc32)ccc1Cl. The van der Waals surface area contributed by atoms with Crippen molar-refractivity contribution in [1.82, 2.24) is 14.9 Å². The number of carbonyl (C=O) groups excluding carboxylic acids is 1. The Bertz CT molecular complexity index is 1290. The summed E-state index contributed by atoms with van der Waals surface area (Å²) >= 11 is 6.11. The van der Waals surface area contributed by atoms with Crippen LogP contribution in [0.1, 0.15) is 37.1 Å². The number of amides is 1. The third kappa shape index (κ3) is 7.99. The van der Waals surface area contributed by atoms with Crippen LogP contribution >= 0.6 is 11.6 Å². The molecule has 0 unspecified atom stereocenters. The summed E-state index contributed by atoms with van der Waals surface area (Å²) in [5, 5.41) is 3.68. The first-order valence-corrected chi connectivity index (χ1v) is 13.3. The first-order valence-electron chi connectivity index (χ1n) is 12.9. The Morgan fingerprint density at radius 1 is 0.919 bits per heavy atom. The van der Waals surface area contributed by atoms with Crippen molar-refractivity contribution < 1.29 is 14.3 Å². The number of para-hydroxylation sites is 3. The molecule has 0 saturated carbocycles. The average molecular weight is 520 g/mol. The fourth-order valence-electron chi connectivity index (χ4n) is 4.21. The third-order valence-electron chi connectivity index (χ3n) is 6.17. The van der Waals surface area contributed by atoms with Crippen molar-refractivity contribution in [2.75, 3.05) is 19.8 Å². The molecule has 194 valence electrons. The number of carbonyl (C=O) groups is 1. The van der Waals surface area contributed by atoms with Crippen molar-refractivity contribution in [3.8, 4) is 11.5 Å². The molecule has 0 atom stereocenters. The van der Waals surface area contributed by atoms with Gasteiger partial charge in [-0.3, -0.25) is 4.79 Å². The Morgan fingerprint density at radius 2 is 1.73 bits per heavy atom. The fraction of sp³-hybridized carbons (Fsp3) is 0.333. The van der Waals surface area contributed by atoms with Crippen molar-refractivity contribution in [2.24, 2.45) is 0 Å². The summed E-state index contributed by atoms with van der Waals surface area (Å²) < 4.78 is 13.7. The van der Waals surface area contributed by atoms with E-state index in [0.717, 1.165) is 71.8 Å². The molecule has 1 heterocycles. The number of halogens is 1. The van der Waals surface area contributed by atoms with Gasteiger partial charge in [-0.05, 0) is 74.2 Å². The van der Waals surface area contributed by atoms with E-state index in [1.807, 2.05) is 61.5 Å². The molecule has 1 aromatic heterocycles. The molecule has 0 fully saturated rings. The summed E-state index contributed by atoms with van der Waals surface area (Å²) in [5.74, 6) is 2.55. The van der Waals surface area contributed by atoms with Crippen molar-refractivity contribution in [3.05, 3.63) is 89.2 Å². The predicted octanol–water partition coefficient (Wildman–Crippen LogP) is 6.38. The van der Waals surface area contributed by atoms with Gasteiger partial charge in [0.2, 0.25) is 0 Å². The highest BCUT2D eigenvalue weighted by atomic mass is 35.5. The lowest BCUT2D eigenvalue weighted by Crippen LogP contribution is -2.29. The van der Waals surface area contributed by atoms with Gasteiger partial charge in [0.05, 0.1) is 17.6 Å². The van der Waals surface area contributed by atoms with E-state index >= 15 is 0 Å². The second-order valence-electron chi connectivity index (χ2n) is 9.04. The Labute approximate surface area is 223 Å². The van der Waals surface area contributed by atoms with Gasteiger partial charge in [0, 0.05) is 24.5 Å². The smallest absolute Gasteiger partial charge is 0.257 e. The van der Waals surface area contributed by atoms with E-state index in [2.05, 4.69) is 28.1 Å². The van der Waals surface area contributed by atoms with Crippen molar-refractivity contribution in [2.45, 2.75) is 45.6 Å². The molecule has 0 bridgehead atoms. The number of ether oxygens (including phenoxy) is 2. The number of fused-ring (bicyclic) bond motifs is 1. The summed E-state index contributed by atoms with van der Waals surface area (Å²) in [6.07, 6.45) is 4.73. The number of benzene rings is 3. The molecule has 4 rings (SSSR count). The lowest BCUT2D eigenvalue weighted by Gasteiger charge is -2.11. The number of hydrogen-bond donors (Lipinski definition) is 1. The summed E-state index contributed by atoms with van der Waals surface area (Å²) in [6, 6.07) is 23.4. The lowest BCUT2D eigenvalue weighted by molar-refractivity contribution is -0.123. The molecule has 0 radical (unpaired) electrons. The molecule has 1 amide bonds. The topological polar surface area (TPSA) is 65.4 Å². The van der Waals surface area contributed by atoms with Crippen LogP contribution in [0.3, 0.4) is 0 Å². The zero-order valence-electron chi connectivity index (χ0n) is 21.3. The Kier molecular flexibility index (Phi) is 9.83. The maximum atomic E-state index is 12.0. The number of hydrogen-bond acceptors (Lipinski definition) is 4. The molecule has 4 aromatic rings. The second kappa shape index (κ2) is 13.7. The van der Waals surface area contributed by atoms with Crippen LogP contribution in [0, 0.1) is 6.92 Å². The van der Waals surface area contributed by atoms with Crippen LogP contribution in [0.2, 0.25) is 5.02 Å². The second-order valence-corrected chi connectivity index (χ2v) is 9.45. The van der Waals surface area contributed by atoms with E-state index in [9.17, 15) is 4.79 Å². The van der Waals surface area contributed by atoms with E-state index in [0.29, 0.717) is 18.9 Å². The Balaban J connectivity index is 1.19. The third-order valence-corrected chi connectivity index (χ3v) is 6.59. The molecule has 0 saturated heterocycles. The van der Waals surface area contributed by atoms with Gasteiger partial charge in [-0.1, -0.05) is 48.4 Å². The van der Waals surface area contributed by atoms with Gasteiger partial charge >= 0.3 is 0 Å². The van der Waals surface area contributed by atoms with Crippen molar-refractivity contribution in [3.63, 3.8) is 0 Å². The van der Waals surface area contributed by atoms with Gasteiger partial charge in [0.25, 0.3) is 5.91 Å². The summed E-state index contributed by atoms with van der Waals surface area (Å²) in [4.78, 5) is 16.9. The maximum absolute atomic E-state index is 12.0. The normalized spacial score (nSPS) is 11.0. The Morgan fingerprint density at radius 3 is 2.57 bits per heavy atom. The molecular formula is C30H34ClN3O3. The molecule has 0 spiro atoms. The fourth-order valence-corrected chi connectivity index (χ4v) is 4.33. The number of rotatable bonds is 14. The van der Waals surface area contributed by atoms with E-state index < -0.39 is 0 Å². The van der Waals surface area contributed by atoms with E-state index in [1.54, 1.807) is 0 Å². The highest BCUT2D eigenvalue weighted by Gasteiger charge is 2.10. The highest BCUT2D eigenvalue weighted by Crippen LogP contribution is 2.22. The highest BCUT2D eigenvalue weighted by molar-refractivity contribution is 6.31. The van der Waals surface area contributed by atoms with E-state index in [-0.39, 0.29) is 12.5 Å². The minimum Gasteiger partial charge on any atom is -0.494 e. The van der Waals surface area contributed by atoms with Crippen LogP contribution in [0.15, 0.2) is 72.8 Å². The molecule has 6 nitrogen and oxygen atoms in total. The zero-order chi connectivity index (χ0) is 25.9. The summed E-state index contributed by atoms with van der Waals surface area (Å²) in [7, 11) is 0. The molecule has 0 aliphatic carbocycles. The largest absolute Gasteiger partial charge is 0.494 e. The number of unbranched alkanes of at least 4 members (excludes halogenated alkanes) is 2. The monoisotopic (exact) mass is 519 g/mol. The van der Waals surface area contributed by atoms with Gasteiger partial charge in [0.15, 0.2) is 6.61 Å². The van der Waals surface area contributed by atoms with Crippen molar-refractivity contribution >= 4 is 28.5 Å². The van der Waals surface area contributed by atoms with Crippen LogP contribution in [0.4, 0.5) is 0 Å². The lowest BCUT2D eigenvalue weighted by atomic mass is 10.2.